The fourth-order valence-corrected chi connectivity index (χ4v) is 3.24. The summed E-state index contributed by atoms with van der Waals surface area (Å²) in [5.74, 6) is -1.13. The van der Waals surface area contributed by atoms with Crippen LogP contribution in [-0.4, -0.2) is 28.3 Å². The van der Waals surface area contributed by atoms with E-state index >= 15 is 0 Å². The van der Waals surface area contributed by atoms with Crippen LogP contribution in [-0.2, 0) is 16.0 Å². The van der Waals surface area contributed by atoms with Crippen LogP contribution in [0.1, 0.15) is 45.6 Å². The summed E-state index contributed by atoms with van der Waals surface area (Å²) in [6.07, 6.45) is 1.94. The normalized spacial score (nSPS) is 24.2. The molecule has 0 bridgehead atoms. The van der Waals surface area contributed by atoms with Crippen LogP contribution in [0.25, 0.3) is 0 Å². The zero-order chi connectivity index (χ0) is 17.1. The molecule has 1 saturated carbocycles. The van der Waals surface area contributed by atoms with Crippen LogP contribution in [0.5, 0.6) is 0 Å². The molecule has 0 aliphatic heterocycles. The Labute approximate surface area is 137 Å². The lowest BCUT2D eigenvalue weighted by atomic mass is 9.82. The average Bonchev–Trinajstić information content (AvgIpc) is 2.81. The Kier molecular flexibility index (Phi) is 4.97. The van der Waals surface area contributed by atoms with Crippen LogP contribution >= 0.6 is 0 Å². The third-order valence-corrected chi connectivity index (χ3v) is 4.25. The van der Waals surface area contributed by atoms with E-state index in [1.54, 1.807) is 20.8 Å². The van der Waals surface area contributed by atoms with Gasteiger partial charge in [0.1, 0.15) is 11.1 Å². The number of nitrogens with one attached hydrogen (secondary N) is 1. The molecule has 1 fully saturated rings. The second-order valence-corrected chi connectivity index (χ2v) is 7.18. The number of aliphatic carboxylic acids is 1. The van der Waals surface area contributed by atoms with Crippen molar-refractivity contribution >= 4 is 12.1 Å². The highest BCUT2D eigenvalue weighted by molar-refractivity contribution is 5.85. The Morgan fingerprint density at radius 1 is 1.30 bits per heavy atom. The van der Waals surface area contributed by atoms with Gasteiger partial charge < -0.3 is 15.2 Å². The number of ether oxygens (including phenoxy) is 1. The van der Waals surface area contributed by atoms with Crippen LogP contribution in [0.4, 0.5) is 4.79 Å². The first-order valence-corrected chi connectivity index (χ1v) is 8.01. The van der Waals surface area contributed by atoms with Gasteiger partial charge in [0.2, 0.25) is 0 Å². The predicted octanol–water partition coefficient (Wildman–Crippen LogP) is 3.38. The molecule has 2 rings (SSSR count). The molecule has 5 nitrogen and oxygen atoms in total. The molecule has 0 spiro atoms. The van der Waals surface area contributed by atoms with Crippen molar-refractivity contribution in [2.24, 2.45) is 5.92 Å². The van der Waals surface area contributed by atoms with Gasteiger partial charge in [-0.2, -0.15) is 0 Å². The number of hydrogen-bond donors (Lipinski definition) is 2. The molecule has 0 aromatic heterocycles. The molecule has 0 radical (unpaired) electrons. The molecule has 0 heterocycles. The third-order valence-electron chi connectivity index (χ3n) is 4.25. The summed E-state index contributed by atoms with van der Waals surface area (Å²) in [4.78, 5) is 24.1. The van der Waals surface area contributed by atoms with E-state index in [-0.39, 0.29) is 5.92 Å². The largest absolute Gasteiger partial charge is 0.479 e. The van der Waals surface area contributed by atoms with Gasteiger partial charge in [0.25, 0.3) is 0 Å². The zero-order valence-electron chi connectivity index (χ0n) is 14.0. The summed E-state index contributed by atoms with van der Waals surface area (Å²) in [6.45, 7) is 5.28. The summed E-state index contributed by atoms with van der Waals surface area (Å²) >= 11 is 0. The van der Waals surface area contributed by atoms with E-state index in [0.717, 1.165) is 18.4 Å². The Hall–Kier alpha value is -2.04. The highest BCUT2D eigenvalue weighted by Gasteiger charge is 2.50. The summed E-state index contributed by atoms with van der Waals surface area (Å²) in [7, 11) is 0. The minimum atomic E-state index is -1.25. The molecule has 1 aliphatic rings. The molecule has 5 heteroatoms. The van der Waals surface area contributed by atoms with Gasteiger partial charge in [0.05, 0.1) is 0 Å². The first-order chi connectivity index (χ1) is 10.7. The lowest BCUT2D eigenvalue weighted by molar-refractivity contribution is -0.146. The van der Waals surface area contributed by atoms with Crippen molar-refractivity contribution in [2.75, 3.05) is 0 Å². The van der Waals surface area contributed by atoms with Gasteiger partial charge in [-0.1, -0.05) is 36.8 Å². The van der Waals surface area contributed by atoms with Crippen LogP contribution in [0.3, 0.4) is 0 Å². The number of carbonyl (C=O) groups excluding carboxylic acids is 1. The molecule has 1 amide bonds. The summed E-state index contributed by atoms with van der Waals surface area (Å²) in [5, 5.41) is 12.4. The Morgan fingerprint density at radius 2 is 1.96 bits per heavy atom. The molecule has 1 aromatic rings. The molecule has 1 aromatic carbocycles. The molecule has 0 saturated heterocycles. The smallest absolute Gasteiger partial charge is 0.408 e. The van der Waals surface area contributed by atoms with Crippen LogP contribution in [0.15, 0.2) is 30.3 Å². The number of carboxylic acid groups (broad SMARTS) is 1. The first-order valence-electron chi connectivity index (χ1n) is 8.01. The predicted molar refractivity (Wildman–Crippen MR) is 87.2 cm³/mol. The number of alkyl carbamates (subject to hydrolysis) is 1. The van der Waals surface area contributed by atoms with Crippen molar-refractivity contribution in [3.8, 4) is 0 Å². The number of carboxylic acids is 1. The van der Waals surface area contributed by atoms with Crippen molar-refractivity contribution in [1.82, 2.24) is 5.32 Å². The Bertz CT molecular complexity index is 564. The SMILES string of the molecule is CC(C)(C)OC(=O)NC1(C(=O)O)CCCC1Cc1ccccc1. The number of benzene rings is 1. The van der Waals surface area contributed by atoms with E-state index in [2.05, 4.69) is 5.32 Å². The number of amides is 1. The van der Waals surface area contributed by atoms with Crippen molar-refractivity contribution in [3.63, 3.8) is 0 Å². The minimum absolute atomic E-state index is 0.144. The quantitative estimate of drug-likeness (QED) is 0.892. The zero-order valence-corrected chi connectivity index (χ0v) is 14.0. The maximum absolute atomic E-state index is 12.1. The Balaban J connectivity index is 2.17. The van der Waals surface area contributed by atoms with Gasteiger partial charge in [-0.3, -0.25) is 0 Å². The van der Waals surface area contributed by atoms with E-state index in [1.165, 1.54) is 0 Å². The van der Waals surface area contributed by atoms with Crippen molar-refractivity contribution in [3.05, 3.63) is 35.9 Å². The maximum Gasteiger partial charge on any atom is 0.408 e. The maximum atomic E-state index is 12.1. The molecule has 2 atom stereocenters. The van der Waals surface area contributed by atoms with Crippen LogP contribution in [0.2, 0.25) is 0 Å². The van der Waals surface area contributed by atoms with Gasteiger partial charge in [-0.05, 0) is 51.5 Å². The topological polar surface area (TPSA) is 75.6 Å². The van der Waals surface area contributed by atoms with E-state index in [1.807, 2.05) is 30.3 Å². The molecular weight excluding hydrogens is 294 g/mol. The van der Waals surface area contributed by atoms with Gasteiger partial charge in [-0.15, -0.1) is 0 Å². The second kappa shape index (κ2) is 6.60. The van der Waals surface area contributed by atoms with Gasteiger partial charge >= 0.3 is 12.1 Å². The molecule has 2 N–H and O–H groups in total. The molecule has 1 aliphatic carbocycles. The highest BCUT2D eigenvalue weighted by atomic mass is 16.6. The lowest BCUT2D eigenvalue weighted by Gasteiger charge is -2.33. The number of hydrogen-bond acceptors (Lipinski definition) is 3. The van der Waals surface area contributed by atoms with Crippen molar-refractivity contribution in [2.45, 2.75) is 57.6 Å². The van der Waals surface area contributed by atoms with Gasteiger partial charge in [-0.25, -0.2) is 9.59 Å². The summed E-state index contributed by atoms with van der Waals surface area (Å²) < 4.78 is 5.26. The minimum Gasteiger partial charge on any atom is -0.479 e. The second-order valence-electron chi connectivity index (χ2n) is 7.18. The van der Waals surface area contributed by atoms with Crippen LogP contribution < -0.4 is 5.32 Å². The van der Waals surface area contributed by atoms with Crippen LogP contribution in [0, 0.1) is 5.92 Å². The molecule has 2 unspecified atom stereocenters. The lowest BCUT2D eigenvalue weighted by Crippen LogP contribution is -2.58. The van der Waals surface area contributed by atoms with Crippen molar-refractivity contribution in [1.29, 1.82) is 0 Å². The number of rotatable bonds is 4. The molecule has 126 valence electrons. The number of carbonyl (C=O) groups is 2. The van der Waals surface area contributed by atoms with E-state index in [4.69, 9.17) is 4.74 Å². The standard InChI is InChI=1S/C18H25NO4/c1-17(2,3)23-16(22)19-18(15(20)21)11-7-10-14(18)12-13-8-5-4-6-9-13/h4-6,8-9,14H,7,10-12H2,1-3H3,(H,19,22)(H,20,21). The average molecular weight is 319 g/mol. The van der Waals surface area contributed by atoms with Gasteiger partial charge in [0.15, 0.2) is 0 Å². The van der Waals surface area contributed by atoms with E-state index in [9.17, 15) is 14.7 Å². The first kappa shape index (κ1) is 17.3. The van der Waals surface area contributed by atoms with Crippen molar-refractivity contribution < 1.29 is 19.4 Å². The van der Waals surface area contributed by atoms with Gasteiger partial charge in [0, 0.05) is 0 Å². The fraction of sp³-hybridized carbons (Fsp3) is 0.556. The molecular formula is C18H25NO4. The Morgan fingerprint density at radius 3 is 2.52 bits per heavy atom. The van der Waals surface area contributed by atoms with E-state index in [0.29, 0.717) is 12.8 Å². The highest BCUT2D eigenvalue weighted by Crippen LogP contribution is 2.38. The summed E-state index contributed by atoms with van der Waals surface area (Å²) in [6, 6.07) is 9.78. The van der Waals surface area contributed by atoms with E-state index < -0.39 is 23.2 Å². The fourth-order valence-electron chi connectivity index (χ4n) is 3.24. The monoisotopic (exact) mass is 319 g/mol. The summed E-state index contributed by atoms with van der Waals surface area (Å²) in [5.41, 5.74) is -0.828. The molecule has 23 heavy (non-hydrogen) atoms. The third kappa shape index (κ3) is 4.24.